The van der Waals surface area contributed by atoms with E-state index in [1.54, 1.807) is 0 Å². The summed E-state index contributed by atoms with van der Waals surface area (Å²) in [6.45, 7) is 4.31. The highest BCUT2D eigenvalue weighted by molar-refractivity contribution is 4.74. The van der Waals surface area contributed by atoms with Gasteiger partial charge in [-0.3, -0.25) is 0 Å². The fraction of sp³-hybridized carbons (Fsp3) is 1.00. The van der Waals surface area contributed by atoms with E-state index in [0.29, 0.717) is 13.0 Å². The van der Waals surface area contributed by atoms with E-state index >= 15 is 0 Å². The molecule has 0 saturated carbocycles. The van der Waals surface area contributed by atoms with Gasteiger partial charge in [0.15, 0.2) is 0 Å². The summed E-state index contributed by atoms with van der Waals surface area (Å²) >= 11 is 0. The Morgan fingerprint density at radius 1 is 1.27 bits per heavy atom. The Bertz CT molecular complexity index is 125. The normalized spacial score (nSPS) is 26.5. The Kier molecular flexibility index (Phi) is 2.82. The highest BCUT2D eigenvalue weighted by Gasteiger charge is 2.30. The van der Waals surface area contributed by atoms with Crippen LogP contribution in [0.5, 0.6) is 0 Å². The van der Waals surface area contributed by atoms with Crippen molar-refractivity contribution >= 4 is 0 Å². The molecule has 3 heteroatoms. The number of hydrogen-bond donors (Lipinski definition) is 0. The van der Waals surface area contributed by atoms with Crippen LogP contribution in [0.2, 0.25) is 0 Å². The second-order valence-electron chi connectivity index (χ2n) is 3.14. The third-order valence-electron chi connectivity index (χ3n) is 2.26. The SMILES string of the molecule is CCN1CCCC(F)(F)CC1. The number of likely N-dealkylation sites (tertiary alicyclic amines) is 1. The van der Waals surface area contributed by atoms with E-state index in [1.807, 2.05) is 6.92 Å². The quantitative estimate of drug-likeness (QED) is 0.572. The molecule has 0 bridgehead atoms. The first kappa shape index (κ1) is 8.91. The molecule has 0 aliphatic carbocycles. The molecule has 0 N–H and O–H groups in total. The Labute approximate surface area is 66.4 Å². The molecule has 1 heterocycles. The highest BCUT2D eigenvalue weighted by atomic mass is 19.3. The lowest BCUT2D eigenvalue weighted by Gasteiger charge is -2.16. The molecular formula is C8H15F2N. The maximum Gasteiger partial charge on any atom is 0.249 e. The molecule has 0 unspecified atom stereocenters. The van der Waals surface area contributed by atoms with Gasteiger partial charge < -0.3 is 4.90 Å². The minimum absolute atomic E-state index is 0.0425. The van der Waals surface area contributed by atoms with Gasteiger partial charge in [-0.2, -0.15) is 0 Å². The molecule has 0 aromatic carbocycles. The number of rotatable bonds is 1. The molecule has 0 spiro atoms. The van der Waals surface area contributed by atoms with Gasteiger partial charge in [-0.15, -0.1) is 0 Å². The minimum atomic E-state index is -2.40. The molecule has 0 amide bonds. The third-order valence-corrected chi connectivity index (χ3v) is 2.26. The Morgan fingerprint density at radius 3 is 2.64 bits per heavy atom. The van der Waals surface area contributed by atoms with Crippen molar-refractivity contribution in [2.24, 2.45) is 0 Å². The second-order valence-corrected chi connectivity index (χ2v) is 3.14. The van der Waals surface area contributed by atoms with Crippen LogP contribution >= 0.6 is 0 Å². The number of nitrogens with zero attached hydrogens (tertiary/aromatic N) is 1. The van der Waals surface area contributed by atoms with Crippen LogP contribution < -0.4 is 0 Å². The number of alkyl halides is 2. The van der Waals surface area contributed by atoms with Crippen molar-refractivity contribution in [2.75, 3.05) is 19.6 Å². The minimum Gasteiger partial charge on any atom is -0.303 e. The van der Waals surface area contributed by atoms with Gasteiger partial charge in [-0.25, -0.2) is 8.78 Å². The molecule has 0 atom stereocenters. The van der Waals surface area contributed by atoms with Crippen LogP contribution in [0.4, 0.5) is 8.78 Å². The molecule has 1 aliphatic heterocycles. The fourth-order valence-corrected chi connectivity index (χ4v) is 1.44. The molecule has 1 saturated heterocycles. The van der Waals surface area contributed by atoms with Crippen molar-refractivity contribution in [1.82, 2.24) is 4.90 Å². The van der Waals surface area contributed by atoms with Crippen molar-refractivity contribution in [3.8, 4) is 0 Å². The van der Waals surface area contributed by atoms with E-state index in [9.17, 15) is 8.78 Å². The lowest BCUT2D eigenvalue weighted by Crippen LogP contribution is -2.25. The van der Waals surface area contributed by atoms with Crippen LogP contribution in [-0.2, 0) is 0 Å². The average molecular weight is 163 g/mol. The van der Waals surface area contributed by atoms with Crippen LogP contribution in [0.25, 0.3) is 0 Å². The van der Waals surface area contributed by atoms with E-state index < -0.39 is 5.92 Å². The van der Waals surface area contributed by atoms with Crippen molar-refractivity contribution in [3.63, 3.8) is 0 Å². The molecule has 0 aromatic rings. The topological polar surface area (TPSA) is 3.24 Å². The number of halogens is 2. The number of hydrogen-bond acceptors (Lipinski definition) is 1. The summed E-state index contributed by atoms with van der Waals surface area (Å²) < 4.78 is 25.5. The molecule has 1 nitrogen and oxygen atoms in total. The predicted molar refractivity (Wildman–Crippen MR) is 40.9 cm³/mol. The molecule has 1 fully saturated rings. The first-order valence-corrected chi connectivity index (χ1v) is 4.24. The largest absolute Gasteiger partial charge is 0.303 e. The van der Waals surface area contributed by atoms with Crippen molar-refractivity contribution < 1.29 is 8.78 Å². The summed E-state index contributed by atoms with van der Waals surface area (Å²) in [4.78, 5) is 2.08. The zero-order valence-corrected chi connectivity index (χ0v) is 6.95. The van der Waals surface area contributed by atoms with Gasteiger partial charge in [0.2, 0.25) is 5.92 Å². The summed E-state index contributed by atoms with van der Waals surface area (Å²) in [6.07, 6.45) is 0.755. The van der Waals surface area contributed by atoms with Crippen LogP contribution in [0.1, 0.15) is 26.2 Å². The Balaban J connectivity index is 2.39. The van der Waals surface area contributed by atoms with E-state index in [0.717, 1.165) is 13.1 Å². The van der Waals surface area contributed by atoms with Gasteiger partial charge in [-0.1, -0.05) is 6.92 Å². The summed E-state index contributed by atoms with van der Waals surface area (Å²) in [5.41, 5.74) is 0. The van der Waals surface area contributed by atoms with E-state index in [2.05, 4.69) is 4.90 Å². The Morgan fingerprint density at radius 2 is 2.00 bits per heavy atom. The van der Waals surface area contributed by atoms with Crippen LogP contribution in [0, 0.1) is 0 Å². The summed E-state index contributed by atoms with van der Waals surface area (Å²) in [6, 6.07) is 0. The van der Waals surface area contributed by atoms with Crippen LogP contribution in [-0.4, -0.2) is 30.5 Å². The average Bonchev–Trinajstić information content (AvgIpc) is 2.10. The summed E-state index contributed by atoms with van der Waals surface area (Å²) in [5, 5.41) is 0. The lowest BCUT2D eigenvalue weighted by atomic mass is 10.1. The molecular weight excluding hydrogens is 148 g/mol. The van der Waals surface area contributed by atoms with Crippen molar-refractivity contribution in [3.05, 3.63) is 0 Å². The first-order chi connectivity index (χ1) is 5.14. The zero-order chi connectivity index (χ0) is 8.32. The molecule has 0 aromatic heterocycles. The molecule has 0 radical (unpaired) electrons. The molecule has 11 heavy (non-hydrogen) atoms. The van der Waals surface area contributed by atoms with Gasteiger partial charge in [-0.05, 0) is 19.5 Å². The van der Waals surface area contributed by atoms with Gasteiger partial charge in [0.1, 0.15) is 0 Å². The zero-order valence-electron chi connectivity index (χ0n) is 6.95. The fourth-order valence-electron chi connectivity index (χ4n) is 1.44. The third kappa shape index (κ3) is 2.73. The van der Waals surface area contributed by atoms with Crippen molar-refractivity contribution in [2.45, 2.75) is 32.1 Å². The highest BCUT2D eigenvalue weighted by Crippen LogP contribution is 2.27. The van der Waals surface area contributed by atoms with E-state index in [4.69, 9.17) is 0 Å². The smallest absolute Gasteiger partial charge is 0.249 e. The summed E-state index contributed by atoms with van der Waals surface area (Å²) in [7, 11) is 0. The molecule has 66 valence electrons. The maximum absolute atomic E-state index is 12.7. The van der Waals surface area contributed by atoms with Crippen LogP contribution in [0.15, 0.2) is 0 Å². The van der Waals surface area contributed by atoms with Gasteiger partial charge in [0.25, 0.3) is 0 Å². The Hall–Kier alpha value is -0.180. The van der Waals surface area contributed by atoms with Gasteiger partial charge >= 0.3 is 0 Å². The van der Waals surface area contributed by atoms with Crippen molar-refractivity contribution in [1.29, 1.82) is 0 Å². The molecule has 1 rings (SSSR count). The van der Waals surface area contributed by atoms with Gasteiger partial charge in [0, 0.05) is 19.4 Å². The van der Waals surface area contributed by atoms with E-state index in [-0.39, 0.29) is 12.8 Å². The molecule has 1 aliphatic rings. The first-order valence-electron chi connectivity index (χ1n) is 4.24. The van der Waals surface area contributed by atoms with E-state index in [1.165, 1.54) is 0 Å². The maximum atomic E-state index is 12.7. The second kappa shape index (κ2) is 3.48. The van der Waals surface area contributed by atoms with Gasteiger partial charge in [0.05, 0.1) is 0 Å². The lowest BCUT2D eigenvalue weighted by molar-refractivity contribution is -0.0129. The summed E-state index contributed by atoms with van der Waals surface area (Å²) in [5.74, 6) is -2.40. The van der Waals surface area contributed by atoms with Crippen LogP contribution in [0.3, 0.4) is 0 Å². The predicted octanol–water partition coefficient (Wildman–Crippen LogP) is 2.13. The standard InChI is InChI=1S/C8H15F2N/c1-2-11-6-3-4-8(9,10)5-7-11/h2-7H2,1H3. The monoisotopic (exact) mass is 163 g/mol.